The Labute approximate surface area is 160 Å². The Kier molecular flexibility index (Phi) is 6.81. The second-order valence-corrected chi connectivity index (χ2v) is 5.76. The summed E-state index contributed by atoms with van der Waals surface area (Å²) in [4.78, 5) is 25.6. The third-order valence-electron chi connectivity index (χ3n) is 3.64. The highest BCUT2D eigenvalue weighted by atomic mass is 19.4. The maximum Gasteiger partial charge on any atom is 0.573 e. The summed E-state index contributed by atoms with van der Waals surface area (Å²) in [6.45, 7) is 1.46. The first kappa shape index (κ1) is 21.0. The highest BCUT2D eigenvalue weighted by molar-refractivity contribution is 5.98. The molecule has 0 N–H and O–H groups in total. The van der Waals surface area contributed by atoms with Crippen LogP contribution in [0, 0.1) is 0 Å². The summed E-state index contributed by atoms with van der Waals surface area (Å²) in [5.74, 6) is -1.52. The minimum Gasteiger partial charge on any atom is -0.449 e. The Bertz CT molecular complexity index is 833. The Morgan fingerprint density at radius 3 is 2.21 bits per heavy atom. The smallest absolute Gasteiger partial charge is 0.449 e. The van der Waals surface area contributed by atoms with Crippen molar-refractivity contribution in [2.45, 2.75) is 19.4 Å². The largest absolute Gasteiger partial charge is 0.573 e. The van der Waals surface area contributed by atoms with Crippen molar-refractivity contribution < 1.29 is 32.2 Å². The molecule has 2 aromatic rings. The number of amides is 1. The van der Waals surface area contributed by atoms with E-state index < -0.39 is 24.3 Å². The zero-order valence-electron chi connectivity index (χ0n) is 15.1. The zero-order valence-corrected chi connectivity index (χ0v) is 15.1. The Balaban J connectivity index is 1.91. The third kappa shape index (κ3) is 6.46. The number of carbonyl (C=O) groups is 2. The first-order valence-corrected chi connectivity index (χ1v) is 8.23. The third-order valence-corrected chi connectivity index (χ3v) is 3.64. The number of halogens is 3. The maximum absolute atomic E-state index is 12.3. The van der Waals surface area contributed by atoms with E-state index in [-0.39, 0.29) is 5.75 Å². The van der Waals surface area contributed by atoms with E-state index >= 15 is 0 Å². The summed E-state index contributed by atoms with van der Waals surface area (Å²) >= 11 is 0. The standard InChI is InChI=1S/C20H18F3NO4/c1-14(19(26)24(2)16-6-4-3-5-7-16)27-18(25)13-10-15-8-11-17(12-9-15)28-20(21,22)23/h3-14H,1-2H3/b13-10+/t14-/m0/s1. The van der Waals surface area contributed by atoms with Crippen LogP contribution in [0.5, 0.6) is 5.75 Å². The molecular weight excluding hydrogens is 375 g/mol. The van der Waals surface area contributed by atoms with Gasteiger partial charge in [-0.05, 0) is 42.8 Å². The summed E-state index contributed by atoms with van der Waals surface area (Å²) < 4.78 is 45.2. The van der Waals surface area contributed by atoms with Gasteiger partial charge in [-0.25, -0.2) is 4.79 Å². The van der Waals surface area contributed by atoms with Gasteiger partial charge < -0.3 is 14.4 Å². The van der Waals surface area contributed by atoms with E-state index in [9.17, 15) is 22.8 Å². The van der Waals surface area contributed by atoms with E-state index in [0.29, 0.717) is 11.3 Å². The van der Waals surface area contributed by atoms with Crippen LogP contribution >= 0.6 is 0 Å². The molecule has 0 saturated carbocycles. The number of anilines is 1. The highest BCUT2D eigenvalue weighted by Crippen LogP contribution is 2.23. The average Bonchev–Trinajstić information content (AvgIpc) is 2.65. The lowest BCUT2D eigenvalue weighted by atomic mass is 10.2. The molecule has 0 saturated heterocycles. The predicted octanol–water partition coefficient (Wildman–Crippen LogP) is 4.19. The molecule has 0 heterocycles. The van der Waals surface area contributed by atoms with Gasteiger partial charge in [0.15, 0.2) is 6.10 Å². The molecule has 1 amide bonds. The van der Waals surface area contributed by atoms with Gasteiger partial charge in [-0.3, -0.25) is 4.79 Å². The molecule has 2 rings (SSSR count). The van der Waals surface area contributed by atoms with Crippen molar-refractivity contribution in [3.05, 3.63) is 66.2 Å². The molecule has 0 bridgehead atoms. The van der Waals surface area contributed by atoms with Crippen molar-refractivity contribution >= 4 is 23.6 Å². The first-order valence-electron chi connectivity index (χ1n) is 8.23. The number of carbonyl (C=O) groups excluding carboxylic acids is 2. The molecule has 2 aromatic carbocycles. The maximum atomic E-state index is 12.3. The SMILES string of the molecule is C[C@H](OC(=O)/C=C/c1ccc(OC(F)(F)F)cc1)C(=O)N(C)c1ccccc1. The van der Waals surface area contributed by atoms with Gasteiger partial charge in [0.2, 0.25) is 0 Å². The van der Waals surface area contributed by atoms with Crippen LogP contribution in [0.1, 0.15) is 12.5 Å². The molecule has 0 spiro atoms. The Morgan fingerprint density at radius 1 is 1.04 bits per heavy atom. The van der Waals surface area contributed by atoms with Gasteiger partial charge >= 0.3 is 12.3 Å². The van der Waals surface area contributed by atoms with Gasteiger partial charge in [0.1, 0.15) is 5.75 Å². The summed E-state index contributed by atoms with van der Waals surface area (Å²) in [6.07, 6.45) is -3.33. The van der Waals surface area contributed by atoms with Crippen LogP contribution in [0.3, 0.4) is 0 Å². The van der Waals surface area contributed by atoms with Crippen molar-refractivity contribution in [1.82, 2.24) is 0 Å². The molecule has 0 fully saturated rings. The minimum atomic E-state index is -4.77. The lowest BCUT2D eigenvalue weighted by molar-refractivity contribution is -0.274. The molecule has 8 heteroatoms. The van der Waals surface area contributed by atoms with E-state index in [1.165, 1.54) is 30.0 Å². The summed E-state index contributed by atoms with van der Waals surface area (Å²) in [6, 6.07) is 13.8. The summed E-state index contributed by atoms with van der Waals surface area (Å²) in [7, 11) is 1.57. The number of likely N-dealkylation sites (N-methyl/N-ethyl adjacent to an activating group) is 1. The fourth-order valence-electron chi connectivity index (χ4n) is 2.26. The summed E-state index contributed by atoms with van der Waals surface area (Å²) in [5.41, 5.74) is 1.12. The number of hydrogen-bond acceptors (Lipinski definition) is 4. The number of ether oxygens (including phenoxy) is 2. The van der Waals surface area contributed by atoms with E-state index in [4.69, 9.17) is 4.74 Å². The first-order chi connectivity index (χ1) is 13.2. The molecule has 0 radical (unpaired) electrons. The predicted molar refractivity (Wildman–Crippen MR) is 97.6 cm³/mol. The molecule has 1 atom stereocenters. The molecule has 0 aromatic heterocycles. The van der Waals surface area contributed by atoms with Crippen molar-refractivity contribution in [3.63, 3.8) is 0 Å². The number of para-hydroxylation sites is 1. The van der Waals surface area contributed by atoms with E-state index in [1.807, 2.05) is 6.07 Å². The van der Waals surface area contributed by atoms with Crippen LogP contribution < -0.4 is 9.64 Å². The Hall–Kier alpha value is -3.29. The minimum absolute atomic E-state index is 0.365. The molecular formula is C20H18F3NO4. The van der Waals surface area contributed by atoms with Gasteiger partial charge in [0.25, 0.3) is 5.91 Å². The van der Waals surface area contributed by atoms with E-state index in [2.05, 4.69) is 4.74 Å². The van der Waals surface area contributed by atoms with Crippen molar-refractivity contribution in [1.29, 1.82) is 0 Å². The van der Waals surface area contributed by atoms with Crippen molar-refractivity contribution in [2.24, 2.45) is 0 Å². The molecule has 148 valence electrons. The average molecular weight is 393 g/mol. The lowest BCUT2D eigenvalue weighted by Crippen LogP contribution is -2.37. The fourth-order valence-corrected chi connectivity index (χ4v) is 2.26. The molecule has 0 unspecified atom stereocenters. The van der Waals surface area contributed by atoms with Crippen LogP contribution in [0.4, 0.5) is 18.9 Å². The summed E-state index contributed by atoms with van der Waals surface area (Å²) in [5, 5.41) is 0. The van der Waals surface area contributed by atoms with Gasteiger partial charge in [-0.1, -0.05) is 30.3 Å². The van der Waals surface area contributed by atoms with Crippen LogP contribution in [0.25, 0.3) is 6.08 Å². The zero-order chi connectivity index (χ0) is 20.7. The van der Waals surface area contributed by atoms with Crippen LogP contribution in [-0.4, -0.2) is 31.4 Å². The van der Waals surface area contributed by atoms with Gasteiger partial charge in [0.05, 0.1) is 0 Å². The second kappa shape index (κ2) is 9.07. The van der Waals surface area contributed by atoms with Gasteiger partial charge in [-0.15, -0.1) is 13.2 Å². The quantitative estimate of drug-likeness (QED) is 0.545. The molecule has 0 aliphatic heterocycles. The number of rotatable bonds is 6. The van der Waals surface area contributed by atoms with E-state index in [0.717, 1.165) is 18.2 Å². The molecule has 28 heavy (non-hydrogen) atoms. The topological polar surface area (TPSA) is 55.8 Å². The number of esters is 1. The number of benzene rings is 2. The highest BCUT2D eigenvalue weighted by Gasteiger charge is 2.30. The second-order valence-electron chi connectivity index (χ2n) is 5.76. The van der Waals surface area contributed by atoms with Crippen molar-refractivity contribution in [3.8, 4) is 5.75 Å². The molecule has 0 aliphatic rings. The number of alkyl halides is 3. The normalized spacial score (nSPS) is 12.5. The van der Waals surface area contributed by atoms with Gasteiger partial charge in [0, 0.05) is 18.8 Å². The monoisotopic (exact) mass is 393 g/mol. The fraction of sp³-hybridized carbons (Fsp3) is 0.200. The molecule has 0 aliphatic carbocycles. The number of nitrogens with zero attached hydrogens (tertiary/aromatic N) is 1. The number of hydrogen-bond donors (Lipinski definition) is 0. The van der Waals surface area contributed by atoms with E-state index in [1.54, 1.807) is 31.3 Å². The van der Waals surface area contributed by atoms with Crippen LogP contribution in [-0.2, 0) is 14.3 Å². The van der Waals surface area contributed by atoms with Crippen LogP contribution in [0.15, 0.2) is 60.7 Å². The Morgan fingerprint density at radius 2 is 1.64 bits per heavy atom. The van der Waals surface area contributed by atoms with Crippen molar-refractivity contribution in [2.75, 3.05) is 11.9 Å². The van der Waals surface area contributed by atoms with Gasteiger partial charge in [-0.2, -0.15) is 0 Å². The molecule has 5 nitrogen and oxygen atoms in total. The van der Waals surface area contributed by atoms with Crippen LogP contribution in [0.2, 0.25) is 0 Å². The lowest BCUT2D eigenvalue weighted by Gasteiger charge is -2.21.